The van der Waals surface area contributed by atoms with Crippen LogP contribution in [0.25, 0.3) is 0 Å². The van der Waals surface area contributed by atoms with Gasteiger partial charge < -0.3 is 10.2 Å². The number of rotatable bonds is 4. The Bertz CT molecular complexity index is 1030. The average molecular weight is 387 g/mol. The molecule has 0 aliphatic carbocycles. The summed E-state index contributed by atoms with van der Waals surface area (Å²) >= 11 is 0. The molecule has 6 nitrogen and oxygen atoms in total. The minimum atomic E-state index is -0.465. The van der Waals surface area contributed by atoms with Gasteiger partial charge in [-0.2, -0.15) is 0 Å². The number of carbonyl (C=O) groups is 1. The van der Waals surface area contributed by atoms with E-state index in [0.29, 0.717) is 5.56 Å². The number of non-ortho nitro benzene ring substituents is 1. The molecule has 1 N–H and O–H groups in total. The molecule has 1 heterocycles. The SMILES string of the molecule is C[C@@H]1C[C@H](Nc2ccccc2)c2ccccc2N1C(=O)c1ccc([N+](=O)[O-])cc1. The maximum Gasteiger partial charge on any atom is 0.269 e. The van der Waals surface area contributed by atoms with Crippen LogP contribution >= 0.6 is 0 Å². The molecule has 0 bridgehead atoms. The highest BCUT2D eigenvalue weighted by molar-refractivity contribution is 6.07. The predicted molar refractivity (Wildman–Crippen MR) is 113 cm³/mol. The number of benzene rings is 3. The van der Waals surface area contributed by atoms with Gasteiger partial charge >= 0.3 is 0 Å². The van der Waals surface area contributed by atoms with Crippen molar-refractivity contribution in [3.63, 3.8) is 0 Å². The maximum atomic E-state index is 13.3. The number of anilines is 2. The van der Waals surface area contributed by atoms with Crippen molar-refractivity contribution in [2.75, 3.05) is 10.2 Å². The van der Waals surface area contributed by atoms with Crippen molar-refractivity contribution in [1.29, 1.82) is 0 Å². The first-order valence-electron chi connectivity index (χ1n) is 9.53. The van der Waals surface area contributed by atoms with Gasteiger partial charge in [0.2, 0.25) is 0 Å². The Kier molecular flexibility index (Phi) is 4.99. The van der Waals surface area contributed by atoms with Gasteiger partial charge in [0.1, 0.15) is 0 Å². The van der Waals surface area contributed by atoms with Crippen LogP contribution < -0.4 is 10.2 Å². The molecule has 1 amide bonds. The van der Waals surface area contributed by atoms with E-state index in [9.17, 15) is 14.9 Å². The number of para-hydroxylation sites is 2. The third-order valence-corrected chi connectivity index (χ3v) is 5.25. The van der Waals surface area contributed by atoms with Crippen molar-refractivity contribution < 1.29 is 9.72 Å². The second-order valence-corrected chi connectivity index (χ2v) is 7.19. The molecular weight excluding hydrogens is 366 g/mol. The number of amides is 1. The first-order valence-corrected chi connectivity index (χ1v) is 9.53. The fourth-order valence-corrected chi connectivity index (χ4v) is 3.86. The van der Waals surface area contributed by atoms with Crippen molar-refractivity contribution in [3.05, 3.63) is 100 Å². The van der Waals surface area contributed by atoms with Gasteiger partial charge in [-0.1, -0.05) is 36.4 Å². The first kappa shape index (κ1) is 18.7. The van der Waals surface area contributed by atoms with E-state index in [1.54, 1.807) is 4.90 Å². The molecule has 29 heavy (non-hydrogen) atoms. The lowest BCUT2D eigenvalue weighted by Gasteiger charge is -2.40. The molecule has 0 unspecified atom stereocenters. The summed E-state index contributed by atoms with van der Waals surface area (Å²) in [5.41, 5.74) is 3.37. The molecule has 1 aliphatic heterocycles. The molecule has 0 radical (unpaired) electrons. The quantitative estimate of drug-likeness (QED) is 0.494. The normalized spacial score (nSPS) is 18.0. The lowest BCUT2D eigenvalue weighted by Crippen LogP contribution is -2.44. The van der Waals surface area contributed by atoms with Gasteiger partial charge in [-0.25, -0.2) is 0 Å². The summed E-state index contributed by atoms with van der Waals surface area (Å²) in [5.74, 6) is -0.155. The zero-order valence-electron chi connectivity index (χ0n) is 16.0. The zero-order valence-corrected chi connectivity index (χ0v) is 16.0. The van der Waals surface area contributed by atoms with Crippen LogP contribution in [-0.2, 0) is 0 Å². The van der Waals surface area contributed by atoms with Crippen LogP contribution in [0.4, 0.5) is 17.1 Å². The molecule has 6 heteroatoms. The molecule has 0 aromatic heterocycles. The van der Waals surface area contributed by atoms with Crippen LogP contribution in [0, 0.1) is 10.1 Å². The first-order chi connectivity index (χ1) is 14.0. The Labute approximate surface area is 168 Å². The molecule has 0 spiro atoms. The van der Waals surface area contributed by atoms with Crippen LogP contribution in [-0.4, -0.2) is 16.9 Å². The van der Waals surface area contributed by atoms with Crippen molar-refractivity contribution in [1.82, 2.24) is 0 Å². The van der Waals surface area contributed by atoms with E-state index in [1.807, 2.05) is 61.5 Å². The van der Waals surface area contributed by atoms with Gasteiger partial charge in [-0.3, -0.25) is 14.9 Å². The monoisotopic (exact) mass is 387 g/mol. The summed E-state index contributed by atoms with van der Waals surface area (Å²) in [6.07, 6.45) is 0.755. The number of hydrogen-bond acceptors (Lipinski definition) is 4. The summed E-state index contributed by atoms with van der Waals surface area (Å²) < 4.78 is 0. The van der Waals surface area contributed by atoms with E-state index >= 15 is 0 Å². The van der Waals surface area contributed by atoms with Crippen molar-refractivity contribution in [3.8, 4) is 0 Å². The fraction of sp³-hybridized carbons (Fsp3) is 0.174. The topological polar surface area (TPSA) is 75.5 Å². The highest BCUT2D eigenvalue weighted by atomic mass is 16.6. The van der Waals surface area contributed by atoms with E-state index < -0.39 is 4.92 Å². The standard InChI is InChI=1S/C23H21N3O3/c1-16-15-21(24-18-7-3-2-4-8-18)20-9-5-6-10-22(20)25(16)23(27)17-11-13-19(14-12-17)26(28)29/h2-14,16,21,24H,15H2,1H3/t16-,21+/m1/s1. The van der Waals surface area contributed by atoms with Gasteiger partial charge in [0.25, 0.3) is 11.6 Å². The molecule has 0 saturated carbocycles. The number of nitro benzene ring substituents is 1. The van der Waals surface area contributed by atoms with Crippen molar-refractivity contribution in [2.24, 2.45) is 0 Å². The van der Waals surface area contributed by atoms with Crippen LogP contribution in [0.15, 0.2) is 78.9 Å². The highest BCUT2D eigenvalue weighted by Gasteiger charge is 2.34. The minimum Gasteiger partial charge on any atom is -0.378 e. The van der Waals surface area contributed by atoms with E-state index in [0.717, 1.165) is 23.4 Å². The Morgan fingerprint density at radius 3 is 2.34 bits per heavy atom. The Morgan fingerprint density at radius 1 is 1.00 bits per heavy atom. The lowest BCUT2D eigenvalue weighted by atomic mass is 9.90. The zero-order chi connectivity index (χ0) is 20.4. The predicted octanol–water partition coefficient (Wildman–Crippen LogP) is 5.19. The summed E-state index contributed by atoms with van der Waals surface area (Å²) in [4.78, 5) is 25.5. The average Bonchev–Trinajstić information content (AvgIpc) is 2.74. The second kappa shape index (κ2) is 7.75. The molecule has 3 aromatic carbocycles. The molecule has 3 aromatic rings. The summed E-state index contributed by atoms with van der Waals surface area (Å²) in [6, 6.07) is 23.7. The van der Waals surface area contributed by atoms with E-state index in [-0.39, 0.29) is 23.7 Å². The van der Waals surface area contributed by atoms with E-state index in [2.05, 4.69) is 5.32 Å². The molecule has 2 atom stereocenters. The number of nitrogens with zero attached hydrogens (tertiary/aromatic N) is 2. The summed E-state index contributed by atoms with van der Waals surface area (Å²) in [6.45, 7) is 2.03. The van der Waals surface area contributed by atoms with Gasteiger partial charge in [0.05, 0.1) is 11.0 Å². The van der Waals surface area contributed by atoms with Crippen LogP contribution in [0.3, 0.4) is 0 Å². The third-order valence-electron chi connectivity index (χ3n) is 5.25. The number of fused-ring (bicyclic) bond motifs is 1. The fourth-order valence-electron chi connectivity index (χ4n) is 3.86. The second-order valence-electron chi connectivity index (χ2n) is 7.19. The third kappa shape index (κ3) is 3.69. The van der Waals surface area contributed by atoms with E-state index in [1.165, 1.54) is 24.3 Å². The number of nitrogens with one attached hydrogen (secondary N) is 1. The number of hydrogen-bond donors (Lipinski definition) is 1. The minimum absolute atomic E-state index is 0.0271. The summed E-state index contributed by atoms with van der Waals surface area (Å²) in [5, 5.41) is 14.5. The smallest absolute Gasteiger partial charge is 0.269 e. The molecule has 146 valence electrons. The van der Waals surface area contributed by atoms with Crippen molar-refractivity contribution >= 4 is 23.0 Å². The number of carbonyl (C=O) groups excluding carboxylic acids is 1. The van der Waals surface area contributed by atoms with Crippen LogP contribution in [0.2, 0.25) is 0 Å². The van der Waals surface area contributed by atoms with Crippen molar-refractivity contribution in [2.45, 2.75) is 25.4 Å². The Balaban J connectivity index is 1.66. The molecular formula is C23H21N3O3. The van der Waals surface area contributed by atoms with Crippen LogP contribution in [0.5, 0.6) is 0 Å². The summed E-state index contributed by atoms with van der Waals surface area (Å²) in [7, 11) is 0. The van der Waals surface area contributed by atoms with Crippen LogP contribution in [0.1, 0.15) is 35.3 Å². The van der Waals surface area contributed by atoms with Gasteiger partial charge in [0, 0.05) is 35.1 Å². The maximum absolute atomic E-state index is 13.3. The van der Waals surface area contributed by atoms with Gasteiger partial charge in [0.15, 0.2) is 0 Å². The largest absolute Gasteiger partial charge is 0.378 e. The Hall–Kier alpha value is -3.67. The Morgan fingerprint density at radius 2 is 1.66 bits per heavy atom. The highest BCUT2D eigenvalue weighted by Crippen LogP contribution is 2.39. The van der Waals surface area contributed by atoms with Gasteiger partial charge in [-0.05, 0) is 49.2 Å². The van der Waals surface area contributed by atoms with E-state index in [4.69, 9.17) is 0 Å². The lowest BCUT2D eigenvalue weighted by molar-refractivity contribution is -0.384. The molecule has 4 rings (SSSR count). The number of nitro groups is 1. The molecule has 1 aliphatic rings. The van der Waals surface area contributed by atoms with Gasteiger partial charge in [-0.15, -0.1) is 0 Å². The molecule has 0 fully saturated rings. The molecule has 0 saturated heterocycles.